The van der Waals surface area contributed by atoms with Gasteiger partial charge in [0, 0.05) is 52.6 Å². The van der Waals surface area contributed by atoms with E-state index in [0.29, 0.717) is 42.8 Å². The predicted octanol–water partition coefficient (Wildman–Crippen LogP) is 4.86. The van der Waals surface area contributed by atoms with Crippen LogP contribution >= 0.6 is 23.2 Å². The molecule has 0 aliphatic carbocycles. The molecule has 1 unspecified atom stereocenters. The number of fused-ring (bicyclic) bond motifs is 1. The fraction of sp³-hybridized carbons (Fsp3) is 0.286. The van der Waals surface area contributed by atoms with Gasteiger partial charge in [0.2, 0.25) is 5.91 Å². The lowest BCUT2D eigenvalue weighted by Gasteiger charge is -2.28. The number of carbonyl (C=O) groups excluding carboxylic acids is 1. The number of carbonyl (C=O) groups is 1. The van der Waals surface area contributed by atoms with E-state index >= 15 is 0 Å². The van der Waals surface area contributed by atoms with Crippen LogP contribution in [0.1, 0.15) is 23.5 Å². The molecule has 1 fully saturated rings. The van der Waals surface area contributed by atoms with E-state index in [1.165, 1.54) is 0 Å². The molecule has 2 aromatic carbocycles. The summed E-state index contributed by atoms with van der Waals surface area (Å²) in [7, 11) is 0. The van der Waals surface area contributed by atoms with Crippen molar-refractivity contribution in [3.63, 3.8) is 0 Å². The fourth-order valence-corrected chi connectivity index (χ4v) is 3.92. The van der Waals surface area contributed by atoms with Crippen LogP contribution in [0.4, 0.5) is 0 Å². The number of morpholine rings is 1. The van der Waals surface area contributed by atoms with Crippen molar-refractivity contribution in [2.45, 2.75) is 12.3 Å². The number of nitrogens with zero attached hydrogens (tertiary/aromatic N) is 1. The molecule has 27 heavy (non-hydrogen) atoms. The van der Waals surface area contributed by atoms with Crippen molar-refractivity contribution in [1.29, 1.82) is 0 Å². The number of nitrogens with one attached hydrogen (secondary N) is 1. The van der Waals surface area contributed by atoms with Crippen molar-refractivity contribution in [1.82, 2.24) is 9.88 Å². The fourth-order valence-electron chi connectivity index (χ4n) is 3.62. The van der Waals surface area contributed by atoms with E-state index in [-0.39, 0.29) is 11.8 Å². The van der Waals surface area contributed by atoms with Gasteiger partial charge in [-0.25, -0.2) is 0 Å². The van der Waals surface area contributed by atoms with Crippen molar-refractivity contribution < 1.29 is 9.53 Å². The summed E-state index contributed by atoms with van der Waals surface area (Å²) in [6.45, 7) is 2.48. The van der Waals surface area contributed by atoms with E-state index in [9.17, 15) is 4.79 Å². The highest BCUT2D eigenvalue weighted by Crippen LogP contribution is 2.35. The van der Waals surface area contributed by atoms with Gasteiger partial charge < -0.3 is 14.6 Å². The molecular weight excluding hydrogens is 383 g/mol. The van der Waals surface area contributed by atoms with E-state index in [2.05, 4.69) is 4.98 Å². The second kappa shape index (κ2) is 7.93. The molecule has 6 heteroatoms. The number of hydrogen-bond donors (Lipinski definition) is 1. The molecule has 1 amide bonds. The third-order valence-electron chi connectivity index (χ3n) is 5.07. The van der Waals surface area contributed by atoms with E-state index in [4.69, 9.17) is 27.9 Å². The van der Waals surface area contributed by atoms with Gasteiger partial charge in [-0.3, -0.25) is 4.79 Å². The highest BCUT2D eigenvalue weighted by molar-refractivity contribution is 6.31. The molecule has 1 aliphatic heterocycles. The topological polar surface area (TPSA) is 45.3 Å². The van der Waals surface area contributed by atoms with Gasteiger partial charge in [0.1, 0.15) is 0 Å². The van der Waals surface area contributed by atoms with Crippen LogP contribution in [0.3, 0.4) is 0 Å². The zero-order valence-electron chi connectivity index (χ0n) is 14.8. The Labute approximate surface area is 168 Å². The molecule has 140 valence electrons. The maximum Gasteiger partial charge on any atom is 0.223 e. The van der Waals surface area contributed by atoms with Crippen LogP contribution in [0, 0.1) is 0 Å². The first-order valence-corrected chi connectivity index (χ1v) is 9.75. The highest BCUT2D eigenvalue weighted by atomic mass is 35.5. The summed E-state index contributed by atoms with van der Waals surface area (Å²) >= 11 is 12.3. The number of benzene rings is 2. The Morgan fingerprint density at radius 3 is 2.52 bits per heavy atom. The number of ether oxygens (including phenoxy) is 1. The Bertz CT molecular complexity index is 946. The lowest BCUT2D eigenvalue weighted by molar-refractivity contribution is -0.135. The lowest BCUT2D eigenvalue weighted by atomic mass is 9.87. The minimum atomic E-state index is -0.0789. The number of aromatic nitrogens is 1. The van der Waals surface area contributed by atoms with Gasteiger partial charge in [0.15, 0.2) is 0 Å². The van der Waals surface area contributed by atoms with Gasteiger partial charge in [-0.15, -0.1) is 0 Å². The second-order valence-electron chi connectivity index (χ2n) is 6.74. The zero-order valence-corrected chi connectivity index (χ0v) is 16.3. The summed E-state index contributed by atoms with van der Waals surface area (Å²) in [6.07, 6.45) is 2.37. The summed E-state index contributed by atoms with van der Waals surface area (Å²) in [4.78, 5) is 18.1. The number of H-pyrrole nitrogens is 1. The van der Waals surface area contributed by atoms with E-state index in [1.54, 1.807) is 0 Å². The highest BCUT2D eigenvalue weighted by Gasteiger charge is 2.25. The quantitative estimate of drug-likeness (QED) is 0.677. The first kappa shape index (κ1) is 18.4. The summed E-state index contributed by atoms with van der Waals surface area (Å²) in [5, 5.41) is 2.40. The first-order valence-electron chi connectivity index (χ1n) is 8.99. The van der Waals surface area contributed by atoms with Gasteiger partial charge >= 0.3 is 0 Å². The Morgan fingerprint density at radius 2 is 1.78 bits per heavy atom. The van der Waals surface area contributed by atoms with Crippen molar-refractivity contribution in [3.8, 4) is 0 Å². The van der Waals surface area contributed by atoms with Crippen LogP contribution in [0.2, 0.25) is 10.0 Å². The van der Waals surface area contributed by atoms with Gasteiger partial charge in [0.25, 0.3) is 0 Å². The molecule has 0 saturated carbocycles. The zero-order chi connectivity index (χ0) is 18.8. The molecule has 3 aromatic rings. The Morgan fingerprint density at radius 1 is 1.07 bits per heavy atom. The molecule has 1 aliphatic rings. The SMILES string of the molecule is O=C(CC(c1ccc(Cl)cc1)c1c[nH]c2ccc(Cl)cc12)N1CCOCC1. The Kier molecular flexibility index (Phi) is 5.39. The normalized spacial score (nSPS) is 15.9. The predicted molar refractivity (Wildman–Crippen MR) is 109 cm³/mol. The number of halogens is 2. The first-order chi connectivity index (χ1) is 13.1. The smallest absolute Gasteiger partial charge is 0.223 e. The van der Waals surface area contributed by atoms with Gasteiger partial charge in [-0.1, -0.05) is 35.3 Å². The molecule has 1 N–H and O–H groups in total. The summed E-state index contributed by atoms with van der Waals surface area (Å²) < 4.78 is 5.37. The monoisotopic (exact) mass is 402 g/mol. The third kappa shape index (κ3) is 3.98. The number of rotatable bonds is 4. The van der Waals surface area contributed by atoms with Crippen LogP contribution in [0.15, 0.2) is 48.7 Å². The molecule has 0 radical (unpaired) electrons. The molecule has 0 spiro atoms. The molecule has 4 nitrogen and oxygen atoms in total. The molecule has 2 heterocycles. The maximum absolute atomic E-state index is 13.0. The number of aromatic amines is 1. The van der Waals surface area contributed by atoms with E-state index < -0.39 is 0 Å². The van der Waals surface area contributed by atoms with Crippen molar-refractivity contribution >= 4 is 40.0 Å². The largest absolute Gasteiger partial charge is 0.378 e. The average Bonchev–Trinajstić information content (AvgIpc) is 3.10. The van der Waals surface area contributed by atoms with E-state index in [1.807, 2.05) is 53.6 Å². The Balaban J connectivity index is 1.72. The second-order valence-corrected chi connectivity index (χ2v) is 7.61. The summed E-state index contributed by atoms with van der Waals surface area (Å²) in [5.74, 6) is 0.0551. The van der Waals surface area contributed by atoms with Crippen LogP contribution in [-0.2, 0) is 9.53 Å². The molecular formula is C21H20Cl2N2O2. The van der Waals surface area contributed by atoms with E-state index in [0.717, 1.165) is 22.0 Å². The maximum atomic E-state index is 13.0. The average molecular weight is 403 g/mol. The molecule has 1 atom stereocenters. The van der Waals surface area contributed by atoms with Crippen LogP contribution in [0.25, 0.3) is 10.9 Å². The number of amides is 1. The van der Waals surface area contributed by atoms with Crippen molar-refractivity contribution in [3.05, 3.63) is 69.8 Å². The molecule has 1 aromatic heterocycles. The van der Waals surface area contributed by atoms with Gasteiger partial charge in [-0.05, 0) is 41.5 Å². The minimum Gasteiger partial charge on any atom is -0.378 e. The van der Waals surface area contributed by atoms with Crippen LogP contribution in [-0.4, -0.2) is 42.1 Å². The van der Waals surface area contributed by atoms with Crippen LogP contribution in [0.5, 0.6) is 0 Å². The van der Waals surface area contributed by atoms with Crippen molar-refractivity contribution in [2.75, 3.05) is 26.3 Å². The van der Waals surface area contributed by atoms with Gasteiger partial charge in [-0.2, -0.15) is 0 Å². The standard InChI is InChI=1S/C21H20Cl2N2O2/c22-15-3-1-14(2-4-15)17(12-21(26)25-7-9-27-10-8-25)19-13-24-20-6-5-16(23)11-18(19)20/h1-6,11,13,17,24H,7-10,12H2. The molecule has 0 bridgehead atoms. The molecule has 1 saturated heterocycles. The van der Waals surface area contributed by atoms with Crippen LogP contribution < -0.4 is 0 Å². The summed E-state index contributed by atoms with van der Waals surface area (Å²) in [5.41, 5.74) is 3.13. The number of hydrogen-bond acceptors (Lipinski definition) is 2. The lowest BCUT2D eigenvalue weighted by Crippen LogP contribution is -2.41. The minimum absolute atomic E-state index is 0.0789. The third-order valence-corrected chi connectivity index (χ3v) is 5.55. The molecule has 4 rings (SSSR count). The van der Waals surface area contributed by atoms with Crippen molar-refractivity contribution in [2.24, 2.45) is 0 Å². The Hall–Kier alpha value is -2.01. The summed E-state index contributed by atoms with van der Waals surface area (Å²) in [6, 6.07) is 13.5. The van der Waals surface area contributed by atoms with Gasteiger partial charge in [0.05, 0.1) is 13.2 Å².